The molecule has 3 N–H and O–H groups in total. The molecule has 2 aliphatic carbocycles. The topological polar surface area (TPSA) is 60.7 Å². The predicted octanol–water partition coefficient (Wildman–Crippen LogP) is 3.67. The standard InChI is InChI=1S/C20H36O3/c1-6-18(3,22)12-8-16-19(4)11-7-10-17(2,14-21)15(19)9-13-20(16,5)23/h6,15-16,21-23H,1,7-14H2,2-5H3/t15-,16-,17-,18-,19+,20-/m1/s1. The molecule has 0 unspecified atom stereocenters. The van der Waals surface area contributed by atoms with Crippen LogP contribution in [0.3, 0.4) is 0 Å². The van der Waals surface area contributed by atoms with Crippen LogP contribution in [0.2, 0.25) is 0 Å². The van der Waals surface area contributed by atoms with Crippen molar-refractivity contribution in [3.05, 3.63) is 12.7 Å². The highest BCUT2D eigenvalue weighted by molar-refractivity contribution is 5.09. The van der Waals surface area contributed by atoms with E-state index in [-0.39, 0.29) is 23.4 Å². The average Bonchev–Trinajstić information content (AvgIpc) is 2.45. The Morgan fingerprint density at radius 3 is 2.43 bits per heavy atom. The Labute approximate surface area is 141 Å². The van der Waals surface area contributed by atoms with Crippen LogP contribution in [-0.4, -0.2) is 33.1 Å². The van der Waals surface area contributed by atoms with Crippen molar-refractivity contribution < 1.29 is 15.3 Å². The molecule has 3 nitrogen and oxygen atoms in total. The van der Waals surface area contributed by atoms with Gasteiger partial charge in [0.25, 0.3) is 0 Å². The molecule has 0 radical (unpaired) electrons. The fourth-order valence-electron chi connectivity index (χ4n) is 5.80. The number of aliphatic hydroxyl groups excluding tert-OH is 1. The van der Waals surface area contributed by atoms with Crippen LogP contribution >= 0.6 is 0 Å². The highest BCUT2D eigenvalue weighted by Gasteiger charge is 2.58. The highest BCUT2D eigenvalue weighted by Crippen LogP contribution is 2.63. The van der Waals surface area contributed by atoms with Gasteiger partial charge in [0, 0.05) is 6.61 Å². The van der Waals surface area contributed by atoms with Crippen molar-refractivity contribution in [1.82, 2.24) is 0 Å². The third kappa shape index (κ3) is 3.38. The van der Waals surface area contributed by atoms with E-state index in [0.717, 1.165) is 38.5 Å². The average molecular weight is 325 g/mol. The number of hydrogen-bond donors (Lipinski definition) is 3. The normalized spacial score (nSPS) is 46.7. The molecule has 6 atom stereocenters. The van der Waals surface area contributed by atoms with Crippen LogP contribution in [0.25, 0.3) is 0 Å². The van der Waals surface area contributed by atoms with Crippen LogP contribution in [0.1, 0.15) is 72.6 Å². The fraction of sp³-hybridized carbons (Fsp3) is 0.900. The molecule has 2 aliphatic rings. The van der Waals surface area contributed by atoms with Gasteiger partial charge in [-0.05, 0) is 75.0 Å². The van der Waals surface area contributed by atoms with Gasteiger partial charge in [-0.3, -0.25) is 0 Å². The molecule has 0 amide bonds. The molecule has 0 aromatic rings. The van der Waals surface area contributed by atoms with Crippen LogP contribution in [0, 0.1) is 22.7 Å². The molecule has 2 rings (SSSR count). The Morgan fingerprint density at radius 2 is 1.87 bits per heavy atom. The van der Waals surface area contributed by atoms with E-state index < -0.39 is 11.2 Å². The molecular formula is C20H36O3. The summed E-state index contributed by atoms with van der Waals surface area (Å²) in [6.07, 6.45) is 8.06. The van der Waals surface area contributed by atoms with Gasteiger partial charge in [-0.1, -0.05) is 26.3 Å². The van der Waals surface area contributed by atoms with Crippen LogP contribution in [0.5, 0.6) is 0 Å². The first-order valence-electron chi connectivity index (χ1n) is 9.20. The Bertz CT molecular complexity index is 442. The summed E-state index contributed by atoms with van der Waals surface area (Å²) in [5.74, 6) is 0.582. The van der Waals surface area contributed by atoms with E-state index >= 15 is 0 Å². The minimum Gasteiger partial charge on any atom is -0.396 e. The van der Waals surface area contributed by atoms with Crippen molar-refractivity contribution in [2.45, 2.75) is 83.8 Å². The largest absolute Gasteiger partial charge is 0.396 e. The van der Waals surface area contributed by atoms with Crippen molar-refractivity contribution >= 4 is 0 Å². The SMILES string of the molecule is C=C[C@@](C)(O)CC[C@@H]1[C@@]2(C)CCC[C@](C)(CO)[C@H]2CC[C@@]1(C)O. The van der Waals surface area contributed by atoms with Crippen molar-refractivity contribution in [3.63, 3.8) is 0 Å². The summed E-state index contributed by atoms with van der Waals surface area (Å²) in [6, 6.07) is 0. The second-order valence-electron chi connectivity index (χ2n) is 9.27. The minimum absolute atomic E-state index is 0.0225. The molecular weight excluding hydrogens is 288 g/mol. The molecule has 2 saturated carbocycles. The molecule has 23 heavy (non-hydrogen) atoms. The summed E-state index contributed by atoms with van der Waals surface area (Å²) in [4.78, 5) is 0. The summed E-state index contributed by atoms with van der Waals surface area (Å²) in [5.41, 5.74) is -1.60. The molecule has 134 valence electrons. The smallest absolute Gasteiger partial charge is 0.0797 e. The maximum atomic E-state index is 11.1. The van der Waals surface area contributed by atoms with E-state index in [0.29, 0.717) is 12.3 Å². The molecule has 0 saturated heterocycles. The van der Waals surface area contributed by atoms with Gasteiger partial charge in [-0.2, -0.15) is 0 Å². The second kappa shape index (κ2) is 6.16. The lowest BCUT2D eigenvalue weighted by Crippen LogP contribution is -2.59. The van der Waals surface area contributed by atoms with Crippen molar-refractivity contribution in [2.75, 3.05) is 6.61 Å². The quantitative estimate of drug-likeness (QED) is 0.676. The van der Waals surface area contributed by atoms with Gasteiger partial charge in [-0.15, -0.1) is 6.58 Å². The zero-order chi connectivity index (χ0) is 17.5. The third-order valence-electron chi connectivity index (χ3n) is 7.33. The van der Waals surface area contributed by atoms with Crippen LogP contribution in [0.4, 0.5) is 0 Å². The molecule has 3 heteroatoms. The molecule has 0 aliphatic heterocycles. The van der Waals surface area contributed by atoms with E-state index in [9.17, 15) is 15.3 Å². The van der Waals surface area contributed by atoms with Gasteiger partial charge in [0.1, 0.15) is 0 Å². The first-order valence-corrected chi connectivity index (χ1v) is 9.20. The summed E-state index contributed by atoms with van der Waals surface area (Å²) < 4.78 is 0. The summed E-state index contributed by atoms with van der Waals surface area (Å²) in [7, 11) is 0. The molecule has 0 aromatic heterocycles. The van der Waals surface area contributed by atoms with Crippen molar-refractivity contribution in [1.29, 1.82) is 0 Å². The highest BCUT2D eigenvalue weighted by atomic mass is 16.3. The number of fused-ring (bicyclic) bond motifs is 1. The van der Waals surface area contributed by atoms with Gasteiger partial charge in [0.15, 0.2) is 0 Å². The Balaban J connectivity index is 2.30. The van der Waals surface area contributed by atoms with E-state index in [2.05, 4.69) is 20.4 Å². The number of hydrogen-bond acceptors (Lipinski definition) is 3. The maximum Gasteiger partial charge on any atom is 0.0797 e. The van der Waals surface area contributed by atoms with Crippen molar-refractivity contribution in [3.8, 4) is 0 Å². The zero-order valence-corrected chi connectivity index (χ0v) is 15.4. The van der Waals surface area contributed by atoms with Gasteiger partial charge >= 0.3 is 0 Å². The lowest BCUT2D eigenvalue weighted by Gasteiger charge is -2.61. The monoisotopic (exact) mass is 324 g/mol. The van der Waals surface area contributed by atoms with Crippen LogP contribution < -0.4 is 0 Å². The predicted molar refractivity (Wildman–Crippen MR) is 94.0 cm³/mol. The lowest BCUT2D eigenvalue weighted by atomic mass is 9.45. The van der Waals surface area contributed by atoms with E-state index in [1.807, 2.05) is 6.92 Å². The summed E-state index contributed by atoms with van der Waals surface area (Å²) in [5, 5.41) is 31.4. The number of rotatable bonds is 5. The Kier molecular flexibility index (Phi) is 5.08. The van der Waals surface area contributed by atoms with Crippen LogP contribution in [0.15, 0.2) is 12.7 Å². The van der Waals surface area contributed by atoms with E-state index in [1.54, 1.807) is 13.0 Å². The number of aliphatic hydroxyl groups is 3. The zero-order valence-electron chi connectivity index (χ0n) is 15.4. The summed E-state index contributed by atoms with van der Waals surface area (Å²) >= 11 is 0. The lowest BCUT2D eigenvalue weighted by molar-refractivity contribution is -0.182. The van der Waals surface area contributed by atoms with Gasteiger partial charge in [0.2, 0.25) is 0 Å². The fourth-order valence-corrected chi connectivity index (χ4v) is 5.80. The van der Waals surface area contributed by atoms with E-state index in [1.165, 1.54) is 0 Å². The Hall–Kier alpha value is -0.380. The second-order valence-corrected chi connectivity index (χ2v) is 9.27. The maximum absolute atomic E-state index is 11.1. The minimum atomic E-state index is -0.881. The van der Waals surface area contributed by atoms with E-state index in [4.69, 9.17) is 0 Å². The molecule has 2 fully saturated rings. The third-order valence-corrected chi connectivity index (χ3v) is 7.33. The Morgan fingerprint density at radius 1 is 1.22 bits per heavy atom. The van der Waals surface area contributed by atoms with Crippen molar-refractivity contribution in [2.24, 2.45) is 22.7 Å². The van der Waals surface area contributed by atoms with Gasteiger partial charge in [0.05, 0.1) is 11.2 Å². The van der Waals surface area contributed by atoms with Crippen LogP contribution in [-0.2, 0) is 0 Å². The molecule has 0 aromatic carbocycles. The first-order chi connectivity index (χ1) is 10.5. The molecule has 0 spiro atoms. The van der Waals surface area contributed by atoms with Gasteiger partial charge in [-0.25, -0.2) is 0 Å². The first kappa shape index (κ1) is 19.0. The van der Waals surface area contributed by atoms with Gasteiger partial charge < -0.3 is 15.3 Å². The molecule has 0 heterocycles. The molecule has 0 bridgehead atoms. The summed E-state index contributed by atoms with van der Waals surface area (Å²) in [6.45, 7) is 12.2.